The summed E-state index contributed by atoms with van der Waals surface area (Å²) in [6.07, 6.45) is 1.79. The van der Waals surface area contributed by atoms with Crippen molar-refractivity contribution in [1.29, 1.82) is 0 Å². The van der Waals surface area contributed by atoms with Gasteiger partial charge in [-0.1, -0.05) is 17.7 Å². The molecule has 2 aromatic rings. The summed E-state index contributed by atoms with van der Waals surface area (Å²) in [5.41, 5.74) is 0.945. The summed E-state index contributed by atoms with van der Waals surface area (Å²) in [4.78, 5) is 16.1. The van der Waals surface area contributed by atoms with Crippen molar-refractivity contribution in [2.45, 2.75) is 19.4 Å². The molecule has 18 heavy (non-hydrogen) atoms. The predicted octanol–water partition coefficient (Wildman–Crippen LogP) is 1.49. The number of hydrogen-bond acceptors (Lipinski definition) is 3. The van der Waals surface area contributed by atoms with E-state index in [0.717, 1.165) is 0 Å². The Balaban J connectivity index is 2.19. The molecule has 0 fully saturated rings. The Morgan fingerprint density at radius 3 is 3.11 bits per heavy atom. The first kappa shape index (κ1) is 12.9. The van der Waals surface area contributed by atoms with E-state index in [1.165, 1.54) is 0 Å². The van der Waals surface area contributed by atoms with Crippen LogP contribution in [0.25, 0.3) is 5.65 Å². The van der Waals surface area contributed by atoms with Crippen molar-refractivity contribution in [1.82, 2.24) is 14.7 Å². The van der Waals surface area contributed by atoms with Crippen LogP contribution in [-0.4, -0.2) is 33.0 Å². The van der Waals surface area contributed by atoms with E-state index >= 15 is 0 Å². The maximum atomic E-state index is 12.0. The van der Waals surface area contributed by atoms with Crippen LogP contribution < -0.4 is 5.32 Å². The van der Waals surface area contributed by atoms with Gasteiger partial charge in [-0.05, 0) is 25.5 Å². The molecule has 1 atom stereocenters. The molecule has 0 aliphatic heterocycles. The third-order valence-corrected chi connectivity index (χ3v) is 2.81. The molecule has 0 radical (unpaired) electrons. The van der Waals surface area contributed by atoms with Crippen LogP contribution in [0.4, 0.5) is 0 Å². The Labute approximate surface area is 109 Å². The zero-order valence-corrected chi connectivity index (χ0v) is 10.7. The van der Waals surface area contributed by atoms with Gasteiger partial charge in [-0.2, -0.15) is 0 Å². The largest absolute Gasteiger partial charge is 0.393 e. The highest BCUT2D eigenvalue weighted by Gasteiger charge is 2.17. The molecule has 2 N–H and O–H groups in total. The first-order chi connectivity index (χ1) is 8.59. The summed E-state index contributed by atoms with van der Waals surface area (Å²) in [6.45, 7) is 2.07. The summed E-state index contributed by atoms with van der Waals surface area (Å²) < 4.78 is 1.64. The van der Waals surface area contributed by atoms with Crippen molar-refractivity contribution >= 4 is 23.2 Å². The molecule has 5 nitrogen and oxygen atoms in total. The van der Waals surface area contributed by atoms with Gasteiger partial charge in [-0.15, -0.1) is 0 Å². The molecule has 0 spiro atoms. The van der Waals surface area contributed by atoms with Gasteiger partial charge in [0.1, 0.15) is 5.65 Å². The number of carbonyl (C=O) groups excluding carboxylic acids is 1. The summed E-state index contributed by atoms with van der Waals surface area (Å²) in [6, 6.07) is 5.41. The van der Waals surface area contributed by atoms with Gasteiger partial charge in [0.25, 0.3) is 5.91 Å². The normalized spacial score (nSPS) is 12.6. The van der Waals surface area contributed by atoms with Gasteiger partial charge in [0, 0.05) is 12.7 Å². The highest BCUT2D eigenvalue weighted by Crippen LogP contribution is 2.17. The number of imidazole rings is 1. The zero-order chi connectivity index (χ0) is 13.1. The van der Waals surface area contributed by atoms with Gasteiger partial charge < -0.3 is 10.4 Å². The second-order valence-electron chi connectivity index (χ2n) is 4.07. The molecule has 0 bridgehead atoms. The maximum absolute atomic E-state index is 12.0. The summed E-state index contributed by atoms with van der Waals surface area (Å²) in [5, 5.41) is 12.0. The highest BCUT2D eigenvalue weighted by molar-refractivity contribution is 6.32. The lowest BCUT2D eigenvalue weighted by Gasteiger charge is -2.06. The van der Waals surface area contributed by atoms with E-state index in [1.807, 2.05) is 6.07 Å². The molecule has 6 heteroatoms. The number of aliphatic hydroxyl groups is 1. The van der Waals surface area contributed by atoms with E-state index in [4.69, 9.17) is 16.7 Å². The van der Waals surface area contributed by atoms with E-state index in [0.29, 0.717) is 24.3 Å². The third-order valence-electron chi connectivity index (χ3n) is 2.55. The van der Waals surface area contributed by atoms with Crippen LogP contribution in [0.2, 0.25) is 5.15 Å². The third kappa shape index (κ3) is 2.63. The van der Waals surface area contributed by atoms with Gasteiger partial charge in [0.05, 0.1) is 6.10 Å². The number of nitrogens with zero attached hydrogens (tertiary/aromatic N) is 2. The average molecular weight is 268 g/mol. The second kappa shape index (κ2) is 5.37. The number of aliphatic hydroxyl groups excluding tert-OH is 1. The van der Waals surface area contributed by atoms with Gasteiger partial charge in [0.15, 0.2) is 10.8 Å². The lowest BCUT2D eigenvalue weighted by Crippen LogP contribution is -2.27. The van der Waals surface area contributed by atoms with Crippen LogP contribution in [0, 0.1) is 0 Å². The Kier molecular flexibility index (Phi) is 3.84. The predicted molar refractivity (Wildman–Crippen MR) is 68.8 cm³/mol. The SMILES string of the molecule is CC(O)CCNC(=O)c1c(Cl)nc2ccccn12. The van der Waals surface area contributed by atoms with Crippen LogP contribution in [-0.2, 0) is 0 Å². The summed E-state index contributed by atoms with van der Waals surface area (Å²) >= 11 is 5.96. The van der Waals surface area contributed by atoms with Crippen LogP contribution in [0.5, 0.6) is 0 Å². The number of aromatic nitrogens is 2. The number of fused-ring (bicyclic) bond motifs is 1. The van der Waals surface area contributed by atoms with Crippen molar-refractivity contribution in [3.8, 4) is 0 Å². The van der Waals surface area contributed by atoms with E-state index < -0.39 is 6.10 Å². The molecule has 2 rings (SSSR count). The standard InChI is InChI=1S/C12H14ClN3O2/c1-8(17)5-6-14-12(18)10-11(13)15-9-4-2-3-7-16(9)10/h2-4,7-8,17H,5-6H2,1H3,(H,14,18). The molecule has 0 saturated heterocycles. The first-order valence-corrected chi connectivity index (χ1v) is 6.06. The monoisotopic (exact) mass is 267 g/mol. The minimum Gasteiger partial charge on any atom is -0.393 e. The minimum absolute atomic E-state index is 0.177. The molecule has 0 aromatic carbocycles. The molecular formula is C12H14ClN3O2. The average Bonchev–Trinajstić information content (AvgIpc) is 2.64. The number of carbonyl (C=O) groups is 1. The molecule has 1 unspecified atom stereocenters. The molecule has 1 amide bonds. The topological polar surface area (TPSA) is 66.6 Å². The number of nitrogens with one attached hydrogen (secondary N) is 1. The van der Waals surface area contributed by atoms with Crippen molar-refractivity contribution in [2.75, 3.05) is 6.54 Å². The summed E-state index contributed by atoms with van der Waals surface area (Å²) in [7, 11) is 0. The fourth-order valence-corrected chi connectivity index (χ4v) is 1.91. The number of hydrogen-bond donors (Lipinski definition) is 2. The van der Waals surface area contributed by atoms with Crippen LogP contribution >= 0.6 is 11.6 Å². The number of pyridine rings is 1. The lowest BCUT2D eigenvalue weighted by molar-refractivity contribution is 0.0940. The Bertz CT molecular complexity index is 565. The second-order valence-corrected chi connectivity index (χ2v) is 4.43. The van der Waals surface area contributed by atoms with Crippen LogP contribution in [0.3, 0.4) is 0 Å². The molecule has 2 heterocycles. The van der Waals surface area contributed by atoms with Crippen molar-refractivity contribution in [3.05, 3.63) is 35.2 Å². The maximum Gasteiger partial charge on any atom is 0.271 e. The molecule has 96 valence electrons. The Morgan fingerprint density at radius 1 is 1.61 bits per heavy atom. The highest BCUT2D eigenvalue weighted by atomic mass is 35.5. The number of rotatable bonds is 4. The van der Waals surface area contributed by atoms with Gasteiger partial charge in [0.2, 0.25) is 0 Å². The summed E-state index contributed by atoms with van der Waals surface area (Å²) in [5.74, 6) is -0.292. The number of halogens is 1. The fourth-order valence-electron chi connectivity index (χ4n) is 1.65. The molecule has 2 aromatic heterocycles. The Hall–Kier alpha value is -1.59. The molecule has 0 aliphatic carbocycles. The van der Waals surface area contributed by atoms with Gasteiger partial charge >= 0.3 is 0 Å². The van der Waals surface area contributed by atoms with E-state index in [1.54, 1.807) is 29.7 Å². The van der Waals surface area contributed by atoms with E-state index in [2.05, 4.69) is 10.3 Å². The fraction of sp³-hybridized carbons (Fsp3) is 0.333. The Morgan fingerprint density at radius 2 is 2.39 bits per heavy atom. The molecule has 0 saturated carbocycles. The van der Waals surface area contributed by atoms with Gasteiger partial charge in [-0.25, -0.2) is 4.98 Å². The molecule has 0 aliphatic rings. The first-order valence-electron chi connectivity index (χ1n) is 5.68. The van der Waals surface area contributed by atoms with E-state index in [9.17, 15) is 4.79 Å². The van der Waals surface area contributed by atoms with Crippen molar-refractivity contribution < 1.29 is 9.90 Å². The zero-order valence-electron chi connectivity index (χ0n) is 9.93. The van der Waals surface area contributed by atoms with Crippen LogP contribution in [0.1, 0.15) is 23.8 Å². The molecular weight excluding hydrogens is 254 g/mol. The van der Waals surface area contributed by atoms with Crippen molar-refractivity contribution in [2.24, 2.45) is 0 Å². The smallest absolute Gasteiger partial charge is 0.271 e. The van der Waals surface area contributed by atoms with E-state index in [-0.39, 0.29) is 11.1 Å². The minimum atomic E-state index is -0.442. The number of amides is 1. The quantitative estimate of drug-likeness (QED) is 0.882. The van der Waals surface area contributed by atoms with Crippen molar-refractivity contribution in [3.63, 3.8) is 0 Å². The van der Waals surface area contributed by atoms with Gasteiger partial charge in [-0.3, -0.25) is 9.20 Å². The van der Waals surface area contributed by atoms with Crippen LogP contribution in [0.15, 0.2) is 24.4 Å². The lowest BCUT2D eigenvalue weighted by atomic mass is 10.3.